The molecule has 1 saturated heterocycles. The van der Waals surface area contributed by atoms with Gasteiger partial charge in [0, 0.05) is 36.9 Å². The molecule has 0 spiro atoms. The number of halogens is 3. The van der Waals surface area contributed by atoms with Gasteiger partial charge in [0.05, 0.1) is 16.1 Å². The third-order valence-corrected chi connectivity index (χ3v) is 7.26. The highest BCUT2D eigenvalue weighted by Gasteiger charge is 2.45. The van der Waals surface area contributed by atoms with Gasteiger partial charge >= 0.3 is 0 Å². The number of amides is 1. The van der Waals surface area contributed by atoms with E-state index >= 15 is 0 Å². The minimum absolute atomic E-state index is 0.0297. The Labute approximate surface area is 193 Å². The molecule has 0 aliphatic carbocycles. The highest BCUT2D eigenvalue weighted by molar-refractivity contribution is 6.37. The first-order chi connectivity index (χ1) is 14.9. The molecule has 2 aliphatic rings. The first-order valence-electron chi connectivity index (χ1n) is 11.0. The molecule has 2 heterocycles. The van der Waals surface area contributed by atoms with E-state index in [2.05, 4.69) is 22.0 Å². The molecular weight excluding hydrogens is 436 g/mol. The Hall–Kier alpha value is -1.82. The number of carbonyl (C=O) groups excluding carboxylic acids is 1. The zero-order valence-corrected chi connectivity index (χ0v) is 19.3. The van der Waals surface area contributed by atoms with Gasteiger partial charge in [-0.25, -0.2) is 4.39 Å². The fourth-order valence-electron chi connectivity index (χ4n) is 4.85. The lowest BCUT2D eigenvalue weighted by molar-refractivity contribution is -0.121. The van der Waals surface area contributed by atoms with Crippen molar-refractivity contribution in [1.82, 2.24) is 4.90 Å². The number of nitrogens with one attached hydrogen (secondary N) is 1. The third kappa shape index (κ3) is 4.55. The predicted octanol–water partition coefficient (Wildman–Crippen LogP) is 5.72. The van der Waals surface area contributed by atoms with Gasteiger partial charge in [0.1, 0.15) is 5.82 Å². The molecule has 1 fully saturated rings. The molecule has 0 aromatic heterocycles. The van der Waals surface area contributed by atoms with Gasteiger partial charge < -0.3 is 10.2 Å². The van der Waals surface area contributed by atoms with Gasteiger partial charge in [-0.3, -0.25) is 9.69 Å². The number of hydrogen-bond donors (Lipinski definition) is 1. The van der Waals surface area contributed by atoms with E-state index in [4.69, 9.17) is 23.2 Å². The number of hydrogen-bond acceptors (Lipinski definition) is 3. The molecule has 0 saturated carbocycles. The second kappa shape index (κ2) is 9.35. The Morgan fingerprint density at radius 1 is 1.06 bits per heavy atom. The van der Waals surface area contributed by atoms with Crippen LogP contribution in [0.15, 0.2) is 36.4 Å². The van der Waals surface area contributed by atoms with Crippen LogP contribution in [0, 0.1) is 5.82 Å². The van der Waals surface area contributed by atoms with Gasteiger partial charge in [-0.05, 0) is 67.8 Å². The molecular formula is C24H28Cl2FN3O. The van der Waals surface area contributed by atoms with Crippen molar-refractivity contribution in [3.63, 3.8) is 0 Å². The Kier molecular flexibility index (Phi) is 6.75. The summed E-state index contributed by atoms with van der Waals surface area (Å²) < 4.78 is 13.1. The summed E-state index contributed by atoms with van der Waals surface area (Å²) >= 11 is 12.6. The molecule has 7 heteroatoms. The lowest BCUT2D eigenvalue weighted by Gasteiger charge is -2.36. The van der Waals surface area contributed by atoms with Crippen LogP contribution in [0.4, 0.5) is 15.8 Å². The number of rotatable bonds is 7. The Morgan fingerprint density at radius 2 is 1.77 bits per heavy atom. The third-order valence-electron chi connectivity index (χ3n) is 6.74. The summed E-state index contributed by atoms with van der Waals surface area (Å²) in [7, 11) is 0. The number of unbranched alkanes of at least 4 members (excludes halogenated alkanes) is 1. The molecule has 31 heavy (non-hydrogen) atoms. The standard InChI is InChI=1S/C24H28Cl2FN3O/c1-2-24(20-15-17(25)16-21(26)22(20)28-23(24)31)9-3-4-10-29-11-13-30(14-12-29)19-7-5-18(27)6-8-19/h5-8,15-16H,2-4,9-14H2,1H3,(H,28,31). The quantitative estimate of drug-likeness (QED) is 0.532. The van der Waals surface area contributed by atoms with E-state index in [1.54, 1.807) is 6.07 Å². The zero-order valence-electron chi connectivity index (χ0n) is 17.8. The fraction of sp³-hybridized carbons (Fsp3) is 0.458. The van der Waals surface area contributed by atoms with Crippen LogP contribution in [0.5, 0.6) is 0 Å². The van der Waals surface area contributed by atoms with Crippen LogP contribution in [-0.4, -0.2) is 43.5 Å². The molecule has 1 amide bonds. The highest BCUT2D eigenvalue weighted by Crippen LogP contribution is 2.47. The van der Waals surface area contributed by atoms with Crippen molar-refractivity contribution in [3.05, 3.63) is 57.8 Å². The van der Waals surface area contributed by atoms with Crippen molar-refractivity contribution in [2.75, 3.05) is 42.9 Å². The molecule has 1 unspecified atom stereocenters. The first kappa shape index (κ1) is 22.4. The largest absolute Gasteiger partial charge is 0.369 e. The lowest BCUT2D eigenvalue weighted by atomic mass is 9.75. The number of fused-ring (bicyclic) bond motifs is 1. The maximum Gasteiger partial charge on any atom is 0.235 e. The Morgan fingerprint density at radius 3 is 2.45 bits per heavy atom. The average Bonchev–Trinajstić information content (AvgIpc) is 3.04. The van der Waals surface area contributed by atoms with E-state index in [1.165, 1.54) is 12.1 Å². The van der Waals surface area contributed by atoms with Crippen LogP contribution in [-0.2, 0) is 10.2 Å². The van der Waals surface area contributed by atoms with Crippen molar-refractivity contribution < 1.29 is 9.18 Å². The molecule has 0 bridgehead atoms. The van der Waals surface area contributed by atoms with Gasteiger partial charge in [-0.2, -0.15) is 0 Å². The van der Waals surface area contributed by atoms with Crippen LogP contribution in [0.25, 0.3) is 0 Å². The van der Waals surface area contributed by atoms with Crippen LogP contribution >= 0.6 is 23.2 Å². The van der Waals surface area contributed by atoms with Crippen molar-refractivity contribution in [1.29, 1.82) is 0 Å². The fourth-order valence-corrected chi connectivity index (χ4v) is 5.39. The summed E-state index contributed by atoms with van der Waals surface area (Å²) in [5.74, 6) is -0.169. The Bertz CT molecular complexity index is 945. The molecule has 4 rings (SSSR count). The van der Waals surface area contributed by atoms with Crippen molar-refractivity contribution in [2.24, 2.45) is 0 Å². The topological polar surface area (TPSA) is 35.6 Å². The van der Waals surface area contributed by atoms with Crippen molar-refractivity contribution in [2.45, 2.75) is 38.0 Å². The number of nitrogens with zero attached hydrogens (tertiary/aromatic N) is 2. The molecule has 1 atom stereocenters. The van der Waals surface area contributed by atoms with Gasteiger partial charge in [-0.1, -0.05) is 36.5 Å². The highest BCUT2D eigenvalue weighted by atomic mass is 35.5. The number of piperazine rings is 1. The van der Waals surface area contributed by atoms with Crippen molar-refractivity contribution in [3.8, 4) is 0 Å². The maximum absolute atomic E-state index is 13.1. The van der Waals surface area contributed by atoms with E-state index in [0.29, 0.717) is 10.0 Å². The summed E-state index contributed by atoms with van der Waals surface area (Å²) in [5, 5.41) is 4.05. The number of carbonyl (C=O) groups is 1. The first-order valence-corrected chi connectivity index (χ1v) is 11.7. The van der Waals surface area contributed by atoms with Gasteiger partial charge in [-0.15, -0.1) is 0 Å². The number of benzene rings is 2. The monoisotopic (exact) mass is 463 g/mol. The second-order valence-electron chi connectivity index (χ2n) is 8.46. The van der Waals surface area contributed by atoms with E-state index in [0.717, 1.165) is 75.3 Å². The van der Waals surface area contributed by atoms with E-state index in [1.807, 2.05) is 18.2 Å². The summed E-state index contributed by atoms with van der Waals surface area (Å²) in [4.78, 5) is 17.7. The summed E-state index contributed by atoms with van der Waals surface area (Å²) in [6, 6.07) is 10.3. The predicted molar refractivity (Wildman–Crippen MR) is 126 cm³/mol. The Balaban J connectivity index is 1.29. The summed E-state index contributed by atoms with van der Waals surface area (Å²) in [5.41, 5.74) is 2.18. The molecule has 4 nitrogen and oxygen atoms in total. The second-order valence-corrected chi connectivity index (χ2v) is 9.31. The van der Waals surface area contributed by atoms with Crippen LogP contribution in [0.2, 0.25) is 10.0 Å². The molecule has 166 valence electrons. The lowest BCUT2D eigenvalue weighted by Crippen LogP contribution is -2.46. The SMILES string of the molecule is CCC1(CCCCN2CCN(c3ccc(F)cc3)CC2)C(=O)Nc2c(Cl)cc(Cl)cc21. The minimum atomic E-state index is -0.550. The van der Waals surface area contributed by atoms with E-state index in [-0.39, 0.29) is 11.7 Å². The van der Waals surface area contributed by atoms with E-state index in [9.17, 15) is 9.18 Å². The molecule has 1 N–H and O–H groups in total. The van der Waals surface area contributed by atoms with E-state index < -0.39 is 5.41 Å². The normalized spacial score (nSPS) is 21.3. The molecule has 2 aromatic carbocycles. The maximum atomic E-state index is 13.1. The minimum Gasteiger partial charge on any atom is -0.369 e. The number of anilines is 2. The van der Waals surface area contributed by atoms with Crippen LogP contribution in [0.3, 0.4) is 0 Å². The average molecular weight is 464 g/mol. The summed E-state index contributed by atoms with van der Waals surface area (Å²) in [6.07, 6.45) is 3.51. The summed E-state index contributed by atoms with van der Waals surface area (Å²) in [6.45, 7) is 6.93. The van der Waals surface area contributed by atoms with Gasteiger partial charge in [0.25, 0.3) is 0 Å². The smallest absolute Gasteiger partial charge is 0.235 e. The van der Waals surface area contributed by atoms with Gasteiger partial charge in [0.15, 0.2) is 0 Å². The molecule has 2 aromatic rings. The molecule has 0 radical (unpaired) electrons. The van der Waals surface area contributed by atoms with Crippen LogP contribution in [0.1, 0.15) is 38.2 Å². The van der Waals surface area contributed by atoms with Crippen LogP contribution < -0.4 is 10.2 Å². The zero-order chi connectivity index (χ0) is 22.0. The van der Waals surface area contributed by atoms with Crippen molar-refractivity contribution >= 4 is 40.5 Å². The molecule has 2 aliphatic heterocycles. The van der Waals surface area contributed by atoms with Gasteiger partial charge in [0.2, 0.25) is 5.91 Å².